The third kappa shape index (κ3) is 2.08. The van der Waals surface area contributed by atoms with Crippen LogP contribution in [0.15, 0.2) is 54.9 Å². The molecule has 4 nitrogen and oxygen atoms in total. The van der Waals surface area contributed by atoms with E-state index in [2.05, 4.69) is 10.3 Å². The molecule has 2 aromatic heterocycles. The minimum absolute atomic E-state index is 0.159. The minimum atomic E-state index is -0.159. The first-order valence-corrected chi connectivity index (χ1v) is 6.05. The Kier molecular flexibility index (Phi) is 2.76. The smallest absolute Gasteiger partial charge is 0.274 e. The van der Waals surface area contributed by atoms with Crippen molar-refractivity contribution < 1.29 is 4.79 Å². The number of anilines is 1. The standard InChI is InChI=1S/C15H13N3O/c1-11-6-2-3-7-12(11)17-15(19)13-10-16-14-8-4-5-9-18(13)14/h2-10H,1H3,(H,17,19). The normalized spacial score (nSPS) is 10.6. The fourth-order valence-corrected chi connectivity index (χ4v) is 2.00. The number of carbonyl (C=O) groups excluding carboxylic acids is 1. The van der Waals surface area contributed by atoms with E-state index in [4.69, 9.17) is 0 Å². The third-order valence-electron chi connectivity index (χ3n) is 3.04. The van der Waals surface area contributed by atoms with Gasteiger partial charge in [-0.1, -0.05) is 24.3 Å². The number of aromatic nitrogens is 2. The first-order valence-electron chi connectivity index (χ1n) is 6.05. The Morgan fingerprint density at radius 2 is 1.95 bits per heavy atom. The van der Waals surface area contributed by atoms with Crippen LogP contribution in [0.3, 0.4) is 0 Å². The number of hydrogen-bond donors (Lipinski definition) is 1. The van der Waals surface area contributed by atoms with E-state index in [1.165, 1.54) is 0 Å². The van der Waals surface area contributed by atoms with Gasteiger partial charge >= 0.3 is 0 Å². The topological polar surface area (TPSA) is 46.4 Å². The molecule has 1 N–H and O–H groups in total. The Balaban J connectivity index is 1.95. The van der Waals surface area contributed by atoms with Crippen molar-refractivity contribution >= 4 is 17.2 Å². The second-order valence-corrected chi connectivity index (χ2v) is 4.34. The highest BCUT2D eigenvalue weighted by molar-refractivity contribution is 6.03. The van der Waals surface area contributed by atoms with Gasteiger partial charge in [-0.3, -0.25) is 9.20 Å². The summed E-state index contributed by atoms with van der Waals surface area (Å²) in [5.74, 6) is -0.159. The Morgan fingerprint density at radius 1 is 1.16 bits per heavy atom. The van der Waals surface area contributed by atoms with E-state index < -0.39 is 0 Å². The maximum atomic E-state index is 12.3. The van der Waals surface area contributed by atoms with Gasteiger partial charge < -0.3 is 5.32 Å². The van der Waals surface area contributed by atoms with E-state index in [0.29, 0.717) is 5.69 Å². The number of hydrogen-bond acceptors (Lipinski definition) is 2. The summed E-state index contributed by atoms with van der Waals surface area (Å²) in [6, 6.07) is 13.3. The van der Waals surface area contributed by atoms with Gasteiger partial charge in [0.15, 0.2) is 0 Å². The molecule has 19 heavy (non-hydrogen) atoms. The van der Waals surface area contributed by atoms with E-state index in [0.717, 1.165) is 16.9 Å². The van der Waals surface area contributed by atoms with Gasteiger partial charge in [0.25, 0.3) is 5.91 Å². The lowest BCUT2D eigenvalue weighted by molar-refractivity contribution is 0.102. The van der Waals surface area contributed by atoms with E-state index in [1.807, 2.05) is 55.6 Å². The third-order valence-corrected chi connectivity index (χ3v) is 3.04. The number of carbonyl (C=O) groups is 1. The van der Waals surface area contributed by atoms with Crippen molar-refractivity contribution in [2.75, 3.05) is 5.32 Å². The van der Waals surface area contributed by atoms with Gasteiger partial charge in [0.2, 0.25) is 0 Å². The second kappa shape index (κ2) is 4.57. The van der Waals surface area contributed by atoms with Gasteiger partial charge in [-0.15, -0.1) is 0 Å². The van der Waals surface area contributed by atoms with Crippen molar-refractivity contribution in [3.8, 4) is 0 Å². The Morgan fingerprint density at radius 3 is 2.79 bits per heavy atom. The van der Waals surface area contributed by atoms with Gasteiger partial charge in [0.05, 0.1) is 6.20 Å². The van der Waals surface area contributed by atoms with Crippen LogP contribution in [0.4, 0.5) is 5.69 Å². The summed E-state index contributed by atoms with van der Waals surface area (Å²) in [6.07, 6.45) is 3.41. The molecule has 0 fully saturated rings. The van der Waals surface area contributed by atoms with Crippen LogP contribution in [-0.4, -0.2) is 15.3 Å². The number of nitrogens with one attached hydrogen (secondary N) is 1. The molecule has 0 saturated heterocycles. The molecule has 1 amide bonds. The fourth-order valence-electron chi connectivity index (χ4n) is 2.00. The van der Waals surface area contributed by atoms with Gasteiger partial charge in [-0.05, 0) is 30.7 Å². The van der Waals surface area contributed by atoms with Crippen molar-refractivity contribution in [1.82, 2.24) is 9.38 Å². The molecule has 0 unspecified atom stereocenters. The number of fused-ring (bicyclic) bond motifs is 1. The lowest BCUT2D eigenvalue weighted by atomic mass is 10.2. The Bertz CT molecular complexity index is 746. The molecule has 2 heterocycles. The molecular weight excluding hydrogens is 238 g/mol. The molecule has 0 aliphatic carbocycles. The zero-order chi connectivity index (χ0) is 13.2. The second-order valence-electron chi connectivity index (χ2n) is 4.34. The number of rotatable bonds is 2. The summed E-state index contributed by atoms with van der Waals surface area (Å²) in [5, 5.41) is 2.90. The van der Waals surface area contributed by atoms with Crippen molar-refractivity contribution in [2.24, 2.45) is 0 Å². The number of benzene rings is 1. The maximum Gasteiger partial charge on any atom is 0.274 e. The van der Waals surface area contributed by atoms with Crippen LogP contribution in [0.2, 0.25) is 0 Å². The molecule has 0 aliphatic rings. The van der Waals surface area contributed by atoms with Crippen LogP contribution >= 0.6 is 0 Å². The van der Waals surface area contributed by atoms with Crippen LogP contribution in [0, 0.1) is 6.92 Å². The highest BCUT2D eigenvalue weighted by Crippen LogP contribution is 2.15. The molecule has 3 aromatic rings. The zero-order valence-corrected chi connectivity index (χ0v) is 10.5. The Labute approximate surface area is 110 Å². The molecule has 0 spiro atoms. The summed E-state index contributed by atoms with van der Waals surface area (Å²) in [6.45, 7) is 1.96. The highest BCUT2D eigenvalue weighted by Gasteiger charge is 2.12. The predicted octanol–water partition coefficient (Wildman–Crippen LogP) is 2.90. The average Bonchev–Trinajstić information content (AvgIpc) is 2.85. The quantitative estimate of drug-likeness (QED) is 0.761. The molecule has 0 atom stereocenters. The number of para-hydroxylation sites is 1. The molecule has 4 heteroatoms. The molecule has 0 saturated carbocycles. The lowest BCUT2D eigenvalue weighted by Crippen LogP contribution is -2.14. The van der Waals surface area contributed by atoms with E-state index >= 15 is 0 Å². The molecule has 0 bridgehead atoms. The number of amides is 1. The molecule has 0 radical (unpaired) electrons. The molecule has 0 aliphatic heterocycles. The predicted molar refractivity (Wildman–Crippen MR) is 74.3 cm³/mol. The van der Waals surface area contributed by atoms with Crippen LogP contribution in [0.1, 0.15) is 16.1 Å². The molecule has 3 rings (SSSR count). The largest absolute Gasteiger partial charge is 0.320 e. The van der Waals surface area contributed by atoms with E-state index in [-0.39, 0.29) is 5.91 Å². The lowest BCUT2D eigenvalue weighted by Gasteiger charge is -2.07. The zero-order valence-electron chi connectivity index (χ0n) is 10.5. The van der Waals surface area contributed by atoms with Crippen molar-refractivity contribution in [3.05, 3.63) is 66.1 Å². The first-order chi connectivity index (χ1) is 9.25. The monoisotopic (exact) mass is 251 g/mol. The molecular formula is C15H13N3O. The van der Waals surface area contributed by atoms with Crippen LogP contribution in [0.5, 0.6) is 0 Å². The summed E-state index contributed by atoms with van der Waals surface area (Å²) in [4.78, 5) is 16.5. The SMILES string of the molecule is Cc1ccccc1NC(=O)c1cnc2ccccn12. The van der Waals surface area contributed by atoms with Crippen molar-refractivity contribution in [1.29, 1.82) is 0 Å². The number of pyridine rings is 1. The average molecular weight is 251 g/mol. The van der Waals surface area contributed by atoms with Gasteiger partial charge in [0, 0.05) is 11.9 Å². The van der Waals surface area contributed by atoms with Gasteiger partial charge in [0.1, 0.15) is 11.3 Å². The van der Waals surface area contributed by atoms with Crippen LogP contribution < -0.4 is 5.32 Å². The first kappa shape index (κ1) is 11.5. The summed E-state index contributed by atoms with van der Waals surface area (Å²) in [5.41, 5.74) is 3.14. The summed E-state index contributed by atoms with van der Waals surface area (Å²) < 4.78 is 1.77. The number of nitrogens with zero attached hydrogens (tertiary/aromatic N) is 2. The minimum Gasteiger partial charge on any atom is -0.320 e. The van der Waals surface area contributed by atoms with Gasteiger partial charge in [-0.25, -0.2) is 4.98 Å². The van der Waals surface area contributed by atoms with Crippen molar-refractivity contribution in [3.63, 3.8) is 0 Å². The van der Waals surface area contributed by atoms with E-state index in [9.17, 15) is 4.79 Å². The van der Waals surface area contributed by atoms with E-state index in [1.54, 1.807) is 10.6 Å². The van der Waals surface area contributed by atoms with Crippen LogP contribution in [-0.2, 0) is 0 Å². The van der Waals surface area contributed by atoms with Crippen molar-refractivity contribution in [2.45, 2.75) is 6.92 Å². The maximum absolute atomic E-state index is 12.3. The van der Waals surface area contributed by atoms with Crippen LogP contribution in [0.25, 0.3) is 5.65 Å². The highest BCUT2D eigenvalue weighted by atomic mass is 16.1. The Hall–Kier alpha value is -2.62. The summed E-state index contributed by atoms with van der Waals surface area (Å²) >= 11 is 0. The number of aryl methyl sites for hydroxylation is 1. The fraction of sp³-hybridized carbons (Fsp3) is 0.0667. The molecule has 94 valence electrons. The summed E-state index contributed by atoms with van der Waals surface area (Å²) in [7, 11) is 0. The van der Waals surface area contributed by atoms with Gasteiger partial charge in [-0.2, -0.15) is 0 Å². The molecule has 1 aromatic carbocycles. The number of imidazole rings is 1.